The van der Waals surface area contributed by atoms with Crippen molar-refractivity contribution in [2.24, 2.45) is 5.73 Å². The molecule has 2 N–H and O–H groups in total. The van der Waals surface area contributed by atoms with Gasteiger partial charge in [-0.05, 0) is 36.4 Å². The van der Waals surface area contributed by atoms with E-state index in [-0.39, 0.29) is 11.6 Å². The van der Waals surface area contributed by atoms with Gasteiger partial charge in [0.15, 0.2) is 0 Å². The van der Waals surface area contributed by atoms with Crippen LogP contribution in [0.5, 0.6) is 11.5 Å². The summed E-state index contributed by atoms with van der Waals surface area (Å²) in [4.78, 5) is 0.290. The van der Waals surface area contributed by atoms with E-state index < -0.39 is 5.82 Å². The lowest BCUT2D eigenvalue weighted by molar-refractivity contribution is 0.296. The molecule has 0 unspecified atom stereocenters. The second-order valence-electron chi connectivity index (χ2n) is 4.25. The predicted octanol–water partition coefficient (Wildman–Crippen LogP) is 3.70. The average molecular weight is 326 g/mol. The van der Waals surface area contributed by atoms with Crippen molar-refractivity contribution >= 4 is 28.8 Å². The van der Waals surface area contributed by atoms with Crippen LogP contribution in [-0.4, -0.2) is 12.1 Å². The third-order valence-corrected chi connectivity index (χ3v) is 3.37. The summed E-state index contributed by atoms with van der Waals surface area (Å²) >= 11 is 10.9. The maximum Gasteiger partial charge on any atom is 0.138 e. The van der Waals surface area contributed by atoms with Gasteiger partial charge in [0.2, 0.25) is 0 Å². The third kappa shape index (κ3) is 3.83. The first-order valence-electron chi connectivity index (χ1n) is 6.06. The molecule has 0 saturated carbocycles. The first-order valence-corrected chi connectivity index (χ1v) is 6.84. The number of nitrogens with two attached hydrogens (primary N) is 1. The molecule has 0 bridgehead atoms. The lowest BCUT2D eigenvalue weighted by Crippen LogP contribution is -2.10. The molecule has 0 aromatic heterocycles. The Balaban J connectivity index is 2.22. The van der Waals surface area contributed by atoms with E-state index in [2.05, 4.69) is 0 Å². The zero-order chi connectivity index (χ0) is 15.4. The molecule has 0 atom stereocenters. The summed E-state index contributed by atoms with van der Waals surface area (Å²) in [6.45, 7) is 0.199. The van der Waals surface area contributed by atoms with Crippen molar-refractivity contribution in [1.29, 1.82) is 0 Å². The molecule has 0 amide bonds. The number of thiocarbonyl (C=S) groups is 1. The van der Waals surface area contributed by atoms with Gasteiger partial charge < -0.3 is 15.2 Å². The molecule has 0 heterocycles. The molecule has 3 nitrogen and oxygen atoms in total. The van der Waals surface area contributed by atoms with E-state index in [0.29, 0.717) is 16.5 Å². The molecule has 0 fully saturated rings. The molecular formula is C15H13ClFNO2S. The minimum Gasteiger partial charge on any atom is -0.496 e. The molecule has 0 aliphatic heterocycles. The Kier molecular flexibility index (Phi) is 4.98. The molecule has 0 aliphatic carbocycles. The summed E-state index contributed by atoms with van der Waals surface area (Å²) in [6, 6.07) is 9.28. The highest BCUT2D eigenvalue weighted by atomic mass is 35.5. The van der Waals surface area contributed by atoms with Gasteiger partial charge in [0.1, 0.15) is 28.9 Å². The summed E-state index contributed by atoms with van der Waals surface area (Å²) in [5, 5.41) is 0.208. The van der Waals surface area contributed by atoms with Crippen LogP contribution in [0, 0.1) is 5.82 Å². The van der Waals surface area contributed by atoms with E-state index in [4.69, 9.17) is 39.0 Å². The van der Waals surface area contributed by atoms with E-state index in [1.807, 2.05) is 0 Å². The summed E-state index contributed by atoms with van der Waals surface area (Å²) < 4.78 is 23.8. The second-order valence-corrected chi connectivity index (χ2v) is 5.10. The molecule has 0 spiro atoms. The fourth-order valence-electron chi connectivity index (χ4n) is 1.79. The van der Waals surface area contributed by atoms with Crippen LogP contribution in [0.3, 0.4) is 0 Å². The maximum absolute atomic E-state index is 13.0. The number of hydrogen-bond acceptors (Lipinski definition) is 3. The van der Waals surface area contributed by atoms with Crippen molar-refractivity contribution in [3.8, 4) is 11.5 Å². The Morgan fingerprint density at radius 2 is 1.95 bits per heavy atom. The predicted molar refractivity (Wildman–Crippen MR) is 84.6 cm³/mol. The molecule has 0 radical (unpaired) electrons. The van der Waals surface area contributed by atoms with Gasteiger partial charge in [0.25, 0.3) is 0 Å². The van der Waals surface area contributed by atoms with Crippen molar-refractivity contribution < 1.29 is 13.9 Å². The Bertz CT molecular complexity index is 679. The smallest absolute Gasteiger partial charge is 0.138 e. The molecule has 2 aromatic carbocycles. The van der Waals surface area contributed by atoms with Crippen LogP contribution in [0.15, 0.2) is 36.4 Å². The van der Waals surface area contributed by atoms with Gasteiger partial charge in [-0.2, -0.15) is 0 Å². The van der Waals surface area contributed by atoms with Gasteiger partial charge in [-0.15, -0.1) is 0 Å². The summed E-state index contributed by atoms with van der Waals surface area (Å²) in [5.41, 5.74) is 7.09. The van der Waals surface area contributed by atoms with Gasteiger partial charge >= 0.3 is 0 Å². The van der Waals surface area contributed by atoms with E-state index >= 15 is 0 Å². The summed E-state index contributed by atoms with van der Waals surface area (Å²) in [6.07, 6.45) is 0. The Morgan fingerprint density at radius 1 is 1.24 bits per heavy atom. The lowest BCUT2D eigenvalue weighted by atomic mass is 10.1. The SMILES string of the molecule is COc1ccc(C(N)=S)cc1COc1ccc(F)cc1Cl. The highest BCUT2D eigenvalue weighted by Gasteiger charge is 2.09. The Labute approximate surface area is 132 Å². The van der Waals surface area contributed by atoms with Crippen LogP contribution in [0.1, 0.15) is 11.1 Å². The van der Waals surface area contributed by atoms with E-state index in [1.54, 1.807) is 25.3 Å². The Hall–Kier alpha value is -1.85. The van der Waals surface area contributed by atoms with E-state index in [0.717, 1.165) is 11.1 Å². The number of hydrogen-bond donors (Lipinski definition) is 1. The average Bonchev–Trinajstić information content (AvgIpc) is 2.46. The molecule has 0 saturated heterocycles. The van der Waals surface area contributed by atoms with Crippen LogP contribution >= 0.6 is 23.8 Å². The molecule has 2 aromatic rings. The minimum atomic E-state index is -0.416. The molecule has 2 rings (SSSR count). The number of benzene rings is 2. The summed E-state index contributed by atoms with van der Waals surface area (Å²) in [5.74, 6) is 0.620. The van der Waals surface area contributed by atoms with Crippen LogP contribution in [-0.2, 0) is 6.61 Å². The van der Waals surface area contributed by atoms with Crippen LogP contribution in [0.25, 0.3) is 0 Å². The van der Waals surface area contributed by atoms with Gasteiger partial charge in [-0.1, -0.05) is 23.8 Å². The molecule has 21 heavy (non-hydrogen) atoms. The minimum absolute atomic E-state index is 0.199. The van der Waals surface area contributed by atoms with E-state index in [9.17, 15) is 4.39 Å². The number of halogens is 2. The first kappa shape index (κ1) is 15.5. The quantitative estimate of drug-likeness (QED) is 0.851. The zero-order valence-corrected chi connectivity index (χ0v) is 12.8. The van der Waals surface area contributed by atoms with Crippen LogP contribution in [0.2, 0.25) is 5.02 Å². The largest absolute Gasteiger partial charge is 0.496 e. The second kappa shape index (κ2) is 6.74. The van der Waals surface area contributed by atoms with Gasteiger partial charge in [0.05, 0.1) is 12.1 Å². The lowest BCUT2D eigenvalue weighted by Gasteiger charge is -2.12. The van der Waals surface area contributed by atoms with E-state index in [1.165, 1.54) is 18.2 Å². The van der Waals surface area contributed by atoms with Crippen LogP contribution < -0.4 is 15.2 Å². The van der Waals surface area contributed by atoms with Gasteiger partial charge in [-0.3, -0.25) is 0 Å². The van der Waals surface area contributed by atoms with Gasteiger partial charge in [0, 0.05) is 11.1 Å². The third-order valence-electron chi connectivity index (χ3n) is 2.84. The fourth-order valence-corrected chi connectivity index (χ4v) is 2.14. The fraction of sp³-hybridized carbons (Fsp3) is 0.133. The monoisotopic (exact) mass is 325 g/mol. The topological polar surface area (TPSA) is 44.5 Å². The number of ether oxygens (including phenoxy) is 2. The van der Waals surface area contributed by atoms with Crippen molar-refractivity contribution in [1.82, 2.24) is 0 Å². The van der Waals surface area contributed by atoms with Crippen molar-refractivity contribution in [2.45, 2.75) is 6.61 Å². The molecule has 0 aliphatic rings. The van der Waals surface area contributed by atoms with Gasteiger partial charge in [-0.25, -0.2) is 4.39 Å². The highest BCUT2D eigenvalue weighted by Crippen LogP contribution is 2.27. The molecule has 110 valence electrons. The zero-order valence-electron chi connectivity index (χ0n) is 11.2. The highest BCUT2D eigenvalue weighted by molar-refractivity contribution is 7.80. The van der Waals surface area contributed by atoms with Crippen molar-refractivity contribution in [3.05, 3.63) is 58.4 Å². The Morgan fingerprint density at radius 3 is 2.57 bits per heavy atom. The van der Waals surface area contributed by atoms with Crippen LogP contribution in [0.4, 0.5) is 4.39 Å². The molecule has 6 heteroatoms. The maximum atomic E-state index is 13.0. The summed E-state index contributed by atoms with van der Waals surface area (Å²) in [7, 11) is 1.56. The van der Waals surface area contributed by atoms with Crippen molar-refractivity contribution in [3.63, 3.8) is 0 Å². The normalized spacial score (nSPS) is 10.2. The number of rotatable bonds is 5. The van der Waals surface area contributed by atoms with Crippen molar-refractivity contribution in [2.75, 3.05) is 7.11 Å². The standard InChI is InChI=1S/C15H13ClFNO2S/c1-19-13-4-2-9(15(18)21)6-10(13)8-20-14-5-3-11(17)7-12(14)16/h2-7H,8H2,1H3,(H2,18,21). The first-order chi connectivity index (χ1) is 10.0. The number of methoxy groups -OCH3 is 1. The molecular weight excluding hydrogens is 313 g/mol.